The van der Waals surface area contributed by atoms with Crippen LogP contribution in [-0.4, -0.2) is 50.8 Å². The zero-order valence-electron chi connectivity index (χ0n) is 16.9. The number of nitrogens with one attached hydrogen (secondary N) is 3. The first-order chi connectivity index (χ1) is 14.7. The lowest BCUT2D eigenvalue weighted by molar-refractivity contribution is -0.937. The minimum Gasteiger partial charge on any atom is -0.497 e. The van der Waals surface area contributed by atoms with Gasteiger partial charge < -0.3 is 24.7 Å². The molecule has 4 rings (SSSR count). The second-order valence-corrected chi connectivity index (χ2v) is 7.40. The van der Waals surface area contributed by atoms with Gasteiger partial charge in [-0.05, 0) is 30.3 Å². The molecule has 1 aromatic heterocycles. The molecule has 3 N–H and O–H groups in total. The highest BCUT2D eigenvalue weighted by molar-refractivity contribution is 6.05. The van der Waals surface area contributed by atoms with Crippen LogP contribution in [0.1, 0.15) is 22.0 Å². The van der Waals surface area contributed by atoms with E-state index in [1.165, 1.54) is 11.0 Å². The molecule has 1 aliphatic heterocycles. The van der Waals surface area contributed by atoms with Crippen LogP contribution in [0.3, 0.4) is 0 Å². The molecule has 1 saturated heterocycles. The molecule has 2 aromatic carbocycles. The SMILES string of the molecule is COc1ccc([C@@H](CNC(=O)c2cc(=O)[nH]c3ccccc23)[NH+]2CCOCC2)cc1. The first-order valence-corrected chi connectivity index (χ1v) is 10.1. The number of hydrogen-bond acceptors (Lipinski definition) is 4. The zero-order chi connectivity index (χ0) is 20.9. The maximum absolute atomic E-state index is 13.0. The molecule has 1 aliphatic rings. The van der Waals surface area contributed by atoms with Crippen LogP contribution in [0.4, 0.5) is 0 Å². The number of pyridine rings is 1. The number of amides is 1. The Kier molecular flexibility index (Phi) is 6.11. The monoisotopic (exact) mass is 408 g/mol. The second-order valence-electron chi connectivity index (χ2n) is 7.40. The van der Waals surface area contributed by atoms with Gasteiger partial charge in [-0.15, -0.1) is 0 Å². The molecule has 0 aliphatic carbocycles. The number of methoxy groups -OCH3 is 1. The van der Waals surface area contributed by atoms with Crippen LogP contribution < -0.4 is 20.5 Å². The lowest BCUT2D eigenvalue weighted by atomic mass is 10.0. The normalized spacial score (nSPS) is 15.6. The summed E-state index contributed by atoms with van der Waals surface area (Å²) in [6, 6.07) is 16.7. The van der Waals surface area contributed by atoms with Crippen LogP contribution in [-0.2, 0) is 4.74 Å². The van der Waals surface area contributed by atoms with Gasteiger partial charge in [0, 0.05) is 22.5 Å². The largest absolute Gasteiger partial charge is 0.497 e. The second kappa shape index (κ2) is 9.11. The number of quaternary nitrogens is 1. The number of H-pyrrole nitrogens is 1. The Hall–Kier alpha value is -3.16. The summed E-state index contributed by atoms with van der Waals surface area (Å²) in [6.45, 7) is 3.62. The average molecular weight is 408 g/mol. The molecular formula is C23H26N3O4+. The average Bonchev–Trinajstić information content (AvgIpc) is 2.79. The van der Waals surface area contributed by atoms with E-state index in [2.05, 4.69) is 10.3 Å². The Balaban J connectivity index is 1.57. The molecule has 1 atom stereocenters. The van der Waals surface area contributed by atoms with Crippen LogP contribution in [0.25, 0.3) is 10.9 Å². The summed E-state index contributed by atoms with van der Waals surface area (Å²) >= 11 is 0. The summed E-state index contributed by atoms with van der Waals surface area (Å²) in [6.07, 6.45) is 0. The van der Waals surface area contributed by atoms with Gasteiger partial charge in [-0.1, -0.05) is 18.2 Å². The van der Waals surface area contributed by atoms with Gasteiger partial charge in [-0.3, -0.25) is 9.59 Å². The quantitative estimate of drug-likeness (QED) is 0.566. The van der Waals surface area contributed by atoms with Crippen molar-refractivity contribution in [1.29, 1.82) is 0 Å². The van der Waals surface area contributed by atoms with Gasteiger partial charge >= 0.3 is 0 Å². The first-order valence-electron chi connectivity index (χ1n) is 10.1. The number of aromatic nitrogens is 1. The smallest absolute Gasteiger partial charge is 0.252 e. The number of carbonyl (C=O) groups is 1. The highest BCUT2D eigenvalue weighted by Crippen LogP contribution is 2.17. The van der Waals surface area contributed by atoms with Gasteiger partial charge in [0.25, 0.3) is 5.91 Å². The number of rotatable bonds is 6. The van der Waals surface area contributed by atoms with Crippen molar-refractivity contribution in [3.05, 3.63) is 76.1 Å². The summed E-state index contributed by atoms with van der Waals surface area (Å²) in [7, 11) is 1.64. The maximum atomic E-state index is 13.0. The minimum atomic E-state index is -0.288. The van der Waals surface area contributed by atoms with Crippen LogP contribution >= 0.6 is 0 Å². The standard InChI is InChI=1S/C23H25N3O4/c1-29-17-8-6-16(7-9-17)21(26-10-12-30-13-11-26)15-24-23(28)19-14-22(27)25-20-5-3-2-4-18(19)20/h2-9,14,21H,10-13,15H2,1H3,(H,24,28)(H,25,27)/p+1/t21-/m1/s1. The van der Waals surface area contributed by atoms with Crippen molar-refractivity contribution >= 4 is 16.8 Å². The van der Waals surface area contributed by atoms with Crippen molar-refractivity contribution in [3.63, 3.8) is 0 Å². The predicted molar refractivity (Wildman–Crippen MR) is 114 cm³/mol. The molecular weight excluding hydrogens is 382 g/mol. The number of aromatic amines is 1. The third-order valence-corrected chi connectivity index (χ3v) is 5.61. The molecule has 7 heteroatoms. The van der Waals surface area contributed by atoms with Crippen molar-refractivity contribution < 1.29 is 19.2 Å². The molecule has 2 heterocycles. The lowest BCUT2D eigenvalue weighted by Crippen LogP contribution is -3.15. The Morgan fingerprint density at radius 1 is 1.17 bits per heavy atom. The number of fused-ring (bicyclic) bond motifs is 1. The van der Waals surface area contributed by atoms with E-state index in [1.807, 2.05) is 42.5 Å². The highest BCUT2D eigenvalue weighted by atomic mass is 16.5. The topological polar surface area (TPSA) is 84.9 Å². The first kappa shape index (κ1) is 20.1. The summed E-state index contributed by atoms with van der Waals surface area (Å²) in [5, 5.41) is 3.79. The third-order valence-electron chi connectivity index (χ3n) is 5.61. The van der Waals surface area contributed by atoms with E-state index in [1.54, 1.807) is 13.2 Å². The van der Waals surface area contributed by atoms with E-state index in [4.69, 9.17) is 9.47 Å². The summed E-state index contributed by atoms with van der Waals surface area (Å²) in [5.74, 6) is 0.553. The van der Waals surface area contributed by atoms with Crippen molar-refractivity contribution in [3.8, 4) is 5.75 Å². The van der Waals surface area contributed by atoms with Gasteiger partial charge in [-0.2, -0.15) is 0 Å². The molecule has 1 amide bonds. The van der Waals surface area contributed by atoms with Crippen molar-refractivity contribution in [1.82, 2.24) is 10.3 Å². The summed E-state index contributed by atoms with van der Waals surface area (Å²) < 4.78 is 10.8. The fourth-order valence-corrected chi connectivity index (χ4v) is 4.00. The van der Waals surface area contributed by atoms with Crippen molar-refractivity contribution in [2.24, 2.45) is 0 Å². The van der Waals surface area contributed by atoms with Gasteiger partial charge in [0.2, 0.25) is 5.56 Å². The summed E-state index contributed by atoms with van der Waals surface area (Å²) in [5.41, 5.74) is 1.88. The highest BCUT2D eigenvalue weighted by Gasteiger charge is 2.27. The lowest BCUT2D eigenvalue weighted by Gasteiger charge is -2.32. The van der Waals surface area contributed by atoms with E-state index in [9.17, 15) is 9.59 Å². The summed E-state index contributed by atoms with van der Waals surface area (Å²) in [4.78, 5) is 29.2. The molecule has 1 fully saturated rings. The van der Waals surface area contributed by atoms with Crippen LogP contribution in [0.5, 0.6) is 5.75 Å². The van der Waals surface area contributed by atoms with Gasteiger partial charge in [-0.25, -0.2) is 0 Å². The van der Waals surface area contributed by atoms with Gasteiger partial charge in [0.15, 0.2) is 0 Å². The van der Waals surface area contributed by atoms with Gasteiger partial charge in [0.1, 0.15) is 24.9 Å². The third kappa shape index (κ3) is 4.37. The van der Waals surface area contributed by atoms with E-state index in [-0.39, 0.29) is 17.5 Å². The van der Waals surface area contributed by atoms with E-state index >= 15 is 0 Å². The van der Waals surface area contributed by atoms with E-state index < -0.39 is 0 Å². The number of ether oxygens (including phenoxy) is 2. The van der Waals surface area contributed by atoms with E-state index in [0.29, 0.717) is 30.8 Å². The maximum Gasteiger partial charge on any atom is 0.252 e. The molecule has 0 unspecified atom stereocenters. The number of hydrogen-bond donors (Lipinski definition) is 3. The molecule has 156 valence electrons. The molecule has 3 aromatic rings. The number of para-hydroxylation sites is 1. The number of morpholine rings is 1. The van der Waals surface area contributed by atoms with Crippen LogP contribution in [0, 0.1) is 0 Å². The molecule has 0 radical (unpaired) electrons. The van der Waals surface area contributed by atoms with Crippen molar-refractivity contribution in [2.45, 2.75) is 6.04 Å². The fraction of sp³-hybridized carbons (Fsp3) is 0.304. The number of carbonyl (C=O) groups excluding carboxylic acids is 1. The molecule has 0 bridgehead atoms. The minimum absolute atomic E-state index is 0.0806. The number of benzene rings is 2. The van der Waals surface area contributed by atoms with Gasteiger partial charge in [0.05, 0.1) is 32.4 Å². The molecule has 0 spiro atoms. The fourth-order valence-electron chi connectivity index (χ4n) is 4.00. The Bertz CT molecular complexity index is 1070. The molecule has 0 saturated carbocycles. The molecule has 7 nitrogen and oxygen atoms in total. The van der Waals surface area contributed by atoms with Crippen LogP contribution in [0.15, 0.2) is 59.4 Å². The molecule has 30 heavy (non-hydrogen) atoms. The predicted octanol–water partition coefficient (Wildman–Crippen LogP) is 0.923. The Morgan fingerprint density at radius 3 is 2.63 bits per heavy atom. The van der Waals surface area contributed by atoms with Crippen molar-refractivity contribution in [2.75, 3.05) is 40.0 Å². The van der Waals surface area contributed by atoms with E-state index in [0.717, 1.165) is 29.8 Å². The Morgan fingerprint density at radius 2 is 1.90 bits per heavy atom. The Labute approximate surface area is 174 Å². The zero-order valence-corrected chi connectivity index (χ0v) is 16.9. The van der Waals surface area contributed by atoms with Crippen LogP contribution in [0.2, 0.25) is 0 Å².